The van der Waals surface area contributed by atoms with E-state index in [2.05, 4.69) is 10.2 Å². The number of carboxylic acids is 1. The van der Waals surface area contributed by atoms with Crippen LogP contribution in [0, 0.1) is 5.41 Å². The summed E-state index contributed by atoms with van der Waals surface area (Å²) in [5.41, 5.74) is 1.03. The molecule has 0 fully saturated rings. The molecule has 0 atom stereocenters. The lowest BCUT2D eigenvalue weighted by atomic mass is 9.93. The Bertz CT molecular complexity index is 499. The molecule has 1 aliphatic heterocycles. The number of carboxylic acid groups (broad SMARTS) is 1. The third-order valence-corrected chi connectivity index (χ3v) is 3.06. The molecule has 98 valence electrons. The smallest absolute Gasteiger partial charge is 0.356 e. The van der Waals surface area contributed by atoms with Gasteiger partial charge in [-0.2, -0.15) is 5.10 Å². The van der Waals surface area contributed by atoms with E-state index < -0.39 is 11.4 Å². The molecule has 2 N–H and O–H groups in total. The summed E-state index contributed by atoms with van der Waals surface area (Å²) < 4.78 is 0. The van der Waals surface area contributed by atoms with Crippen molar-refractivity contribution >= 4 is 11.9 Å². The number of aromatic nitrogens is 2. The first-order valence-corrected chi connectivity index (χ1v) is 5.89. The third-order valence-electron chi connectivity index (χ3n) is 3.06. The van der Waals surface area contributed by atoms with Crippen molar-refractivity contribution in [1.82, 2.24) is 15.1 Å². The molecule has 1 aliphatic rings. The van der Waals surface area contributed by atoms with Gasteiger partial charge in [-0.05, 0) is 0 Å². The van der Waals surface area contributed by atoms with Crippen molar-refractivity contribution in [3.8, 4) is 0 Å². The molecule has 2 rings (SSSR count). The number of nitrogens with one attached hydrogen (secondary N) is 1. The number of nitrogens with zero attached hydrogens (tertiary/aromatic N) is 2. The van der Waals surface area contributed by atoms with Gasteiger partial charge in [0.2, 0.25) is 5.91 Å². The highest BCUT2D eigenvalue weighted by Crippen LogP contribution is 2.25. The van der Waals surface area contributed by atoms with Gasteiger partial charge < -0.3 is 10.0 Å². The molecule has 1 aromatic heterocycles. The van der Waals surface area contributed by atoms with Gasteiger partial charge in [-0.3, -0.25) is 9.89 Å². The lowest BCUT2D eigenvalue weighted by molar-refractivity contribution is -0.140. The quantitative estimate of drug-likeness (QED) is 0.780. The van der Waals surface area contributed by atoms with Gasteiger partial charge in [0.1, 0.15) is 0 Å². The predicted molar refractivity (Wildman–Crippen MR) is 64.1 cm³/mol. The number of fused-ring (bicyclic) bond motifs is 1. The van der Waals surface area contributed by atoms with Crippen LogP contribution in [0.4, 0.5) is 0 Å². The molecule has 0 saturated heterocycles. The molecule has 0 radical (unpaired) electrons. The highest BCUT2D eigenvalue weighted by atomic mass is 16.4. The van der Waals surface area contributed by atoms with E-state index in [4.69, 9.17) is 5.11 Å². The molecular formula is C12H17N3O3. The molecule has 2 heterocycles. The topological polar surface area (TPSA) is 86.3 Å². The zero-order chi connectivity index (χ0) is 13.5. The monoisotopic (exact) mass is 251 g/mol. The van der Waals surface area contributed by atoms with Crippen LogP contribution in [-0.2, 0) is 17.8 Å². The normalized spacial score (nSPS) is 15.4. The van der Waals surface area contributed by atoms with Crippen LogP contribution in [0.2, 0.25) is 0 Å². The summed E-state index contributed by atoms with van der Waals surface area (Å²) in [6, 6.07) is 0. The van der Waals surface area contributed by atoms with E-state index >= 15 is 0 Å². The first kappa shape index (κ1) is 12.6. The van der Waals surface area contributed by atoms with Gasteiger partial charge in [-0.1, -0.05) is 20.8 Å². The number of rotatable bonds is 1. The van der Waals surface area contributed by atoms with Crippen LogP contribution >= 0.6 is 0 Å². The molecule has 0 unspecified atom stereocenters. The molecule has 6 nitrogen and oxygen atoms in total. The lowest BCUT2D eigenvalue weighted by Crippen LogP contribution is -2.42. The summed E-state index contributed by atoms with van der Waals surface area (Å²) in [6.07, 6.45) is 0.622. The van der Waals surface area contributed by atoms with E-state index in [1.54, 1.807) is 4.90 Å². The van der Waals surface area contributed by atoms with Gasteiger partial charge in [0.05, 0.1) is 0 Å². The zero-order valence-electron chi connectivity index (χ0n) is 10.8. The van der Waals surface area contributed by atoms with Crippen molar-refractivity contribution in [1.29, 1.82) is 0 Å². The summed E-state index contributed by atoms with van der Waals surface area (Å²) in [4.78, 5) is 24.9. The zero-order valence-corrected chi connectivity index (χ0v) is 10.8. The standard InChI is InChI=1S/C12H17N3O3/c1-12(2,3)11(18)15-5-4-8-7(6-15)9(10(16)17)14-13-8/h4-6H2,1-3H3,(H,13,14)(H,16,17). The number of H-pyrrole nitrogens is 1. The molecule has 18 heavy (non-hydrogen) atoms. The van der Waals surface area contributed by atoms with Crippen molar-refractivity contribution < 1.29 is 14.7 Å². The van der Waals surface area contributed by atoms with E-state index in [0.717, 1.165) is 5.69 Å². The molecule has 6 heteroatoms. The Kier molecular flexibility index (Phi) is 2.88. The Morgan fingerprint density at radius 3 is 2.61 bits per heavy atom. The van der Waals surface area contributed by atoms with E-state index in [1.165, 1.54) is 0 Å². The lowest BCUT2D eigenvalue weighted by Gasteiger charge is -2.32. The number of amides is 1. The van der Waals surface area contributed by atoms with E-state index in [0.29, 0.717) is 25.1 Å². The maximum absolute atomic E-state index is 12.2. The Hall–Kier alpha value is -1.85. The Labute approximate surface area is 105 Å². The molecule has 0 bridgehead atoms. The van der Waals surface area contributed by atoms with Gasteiger partial charge in [0, 0.05) is 36.2 Å². The molecule has 0 saturated carbocycles. The summed E-state index contributed by atoms with van der Waals surface area (Å²) in [6.45, 7) is 6.50. The number of carbonyl (C=O) groups is 2. The first-order chi connectivity index (χ1) is 8.30. The second-order valence-electron chi connectivity index (χ2n) is 5.56. The minimum Gasteiger partial charge on any atom is -0.476 e. The van der Waals surface area contributed by atoms with Crippen LogP contribution in [0.25, 0.3) is 0 Å². The van der Waals surface area contributed by atoms with Crippen molar-refractivity contribution in [2.45, 2.75) is 33.7 Å². The van der Waals surface area contributed by atoms with Crippen LogP contribution in [-0.4, -0.2) is 38.6 Å². The first-order valence-electron chi connectivity index (χ1n) is 5.89. The Morgan fingerprint density at radius 1 is 1.39 bits per heavy atom. The minimum absolute atomic E-state index is 0.0245. The second-order valence-corrected chi connectivity index (χ2v) is 5.56. The predicted octanol–water partition coefficient (Wildman–Crippen LogP) is 1.04. The van der Waals surface area contributed by atoms with Crippen LogP contribution in [0.15, 0.2) is 0 Å². The number of hydrogen-bond acceptors (Lipinski definition) is 3. The maximum atomic E-state index is 12.2. The average Bonchev–Trinajstić information content (AvgIpc) is 2.69. The summed E-state index contributed by atoms with van der Waals surface area (Å²) in [5, 5.41) is 15.6. The molecule has 1 amide bonds. The minimum atomic E-state index is -1.06. The van der Waals surface area contributed by atoms with Crippen LogP contribution in [0.1, 0.15) is 42.5 Å². The maximum Gasteiger partial charge on any atom is 0.356 e. The van der Waals surface area contributed by atoms with Crippen molar-refractivity contribution in [2.24, 2.45) is 5.41 Å². The SMILES string of the molecule is CC(C)(C)C(=O)N1CCc2[nH]nc(C(=O)O)c2C1. The fourth-order valence-electron chi connectivity index (χ4n) is 2.12. The van der Waals surface area contributed by atoms with Crippen molar-refractivity contribution in [3.63, 3.8) is 0 Å². The number of carbonyl (C=O) groups excluding carboxylic acids is 1. The largest absolute Gasteiger partial charge is 0.476 e. The second kappa shape index (κ2) is 4.12. The Balaban J connectivity index is 2.26. The fraction of sp³-hybridized carbons (Fsp3) is 0.583. The highest BCUT2D eigenvalue weighted by Gasteiger charge is 2.32. The Morgan fingerprint density at radius 2 is 2.06 bits per heavy atom. The summed E-state index contributed by atoms with van der Waals surface area (Å²) in [5.74, 6) is -1.02. The molecular weight excluding hydrogens is 234 g/mol. The van der Waals surface area contributed by atoms with E-state index in [9.17, 15) is 9.59 Å². The summed E-state index contributed by atoms with van der Waals surface area (Å²) in [7, 11) is 0. The highest BCUT2D eigenvalue weighted by molar-refractivity contribution is 5.88. The van der Waals surface area contributed by atoms with E-state index in [-0.39, 0.29) is 11.6 Å². The molecule has 1 aromatic rings. The number of aromatic amines is 1. The van der Waals surface area contributed by atoms with Gasteiger partial charge >= 0.3 is 5.97 Å². The van der Waals surface area contributed by atoms with Crippen molar-refractivity contribution in [3.05, 3.63) is 17.0 Å². The third kappa shape index (κ3) is 2.10. The molecule has 0 aromatic carbocycles. The van der Waals surface area contributed by atoms with Crippen LogP contribution < -0.4 is 0 Å². The van der Waals surface area contributed by atoms with Gasteiger partial charge in [-0.25, -0.2) is 4.79 Å². The van der Waals surface area contributed by atoms with Crippen LogP contribution in [0.5, 0.6) is 0 Å². The van der Waals surface area contributed by atoms with Crippen molar-refractivity contribution in [2.75, 3.05) is 6.54 Å². The molecule has 0 spiro atoms. The summed E-state index contributed by atoms with van der Waals surface area (Å²) >= 11 is 0. The fourth-order valence-corrected chi connectivity index (χ4v) is 2.12. The number of aromatic carboxylic acids is 1. The van der Waals surface area contributed by atoms with Gasteiger partial charge in [0.25, 0.3) is 0 Å². The van der Waals surface area contributed by atoms with Gasteiger partial charge in [0.15, 0.2) is 5.69 Å². The number of hydrogen-bond donors (Lipinski definition) is 2. The van der Waals surface area contributed by atoms with E-state index in [1.807, 2.05) is 20.8 Å². The van der Waals surface area contributed by atoms with Crippen LogP contribution in [0.3, 0.4) is 0 Å². The molecule has 0 aliphatic carbocycles. The van der Waals surface area contributed by atoms with Gasteiger partial charge in [-0.15, -0.1) is 0 Å². The average molecular weight is 251 g/mol.